The average molecular weight is 338 g/mol. The van der Waals surface area contributed by atoms with Crippen molar-refractivity contribution >= 4 is 12.1 Å². The van der Waals surface area contributed by atoms with Gasteiger partial charge in [-0.3, -0.25) is 4.79 Å². The molecule has 1 N–H and O–H groups in total. The second-order valence-electron chi connectivity index (χ2n) is 5.22. The van der Waals surface area contributed by atoms with Crippen LogP contribution in [0.4, 0.5) is 0 Å². The van der Waals surface area contributed by atoms with Gasteiger partial charge < -0.3 is 9.47 Å². The zero-order chi connectivity index (χ0) is 17.9. The van der Waals surface area contributed by atoms with Gasteiger partial charge in [-0.1, -0.05) is 43.8 Å². The number of ether oxygens (including phenoxy) is 2. The molecule has 2 aromatic carbocycles. The summed E-state index contributed by atoms with van der Waals surface area (Å²) in [6, 6.07) is 15.1. The lowest BCUT2D eigenvalue weighted by Crippen LogP contribution is -2.24. The van der Waals surface area contributed by atoms with Crippen LogP contribution >= 0.6 is 0 Å². The molecule has 0 aromatic heterocycles. The Kier molecular flexibility index (Phi) is 7.25. The fourth-order valence-electron chi connectivity index (χ4n) is 2.04. The lowest BCUT2D eigenvalue weighted by molar-refractivity contribution is -0.123. The minimum Gasteiger partial charge on any atom is -0.489 e. The lowest BCUT2D eigenvalue weighted by Gasteiger charge is -2.07. The molecule has 2 aromatic rings. The minimum absolute atomic E-state index is 0.0998. The van der Waals surface area contributed by atoms with Gasteiger partial charge in [0, 0.05) is 5.56 Å². The van der Waals surface area contributed by atoms with Crippen molar-refractivity contribution < 1.29 is 14.3 Å². The van der Waals surface area contributed by atoms with Gasteiger partial charge in [-0.05, 0) is 36.2 Å². The molecule has 0 heterocycles. The maximum atomic E-state index is 11.8. The van der Waals surface area contributed by atoms with E-state index in [1.807, 2.05) is 48.5 Å². The Morgan fingerprint density at radius 3 is 2.64 bits per heavy atom. The number of nitrogens with zero attached hydrogens (tertiary/aromatic N) is 1. The SMILES string of the molecule is C=CCOc1ccccc1/C=N\NC(=O)COc1ccc(CC)cc1. The van der Waals surface area contributed by atoms with Crippen molar-refractivity contribution in [2.45, 2.75) is 13.3 Å². The van der Waals surface area contributed by atoms with Crippen LogP contribution < -0.4 is 14.9 Å². The van der Waals surface area contributed by atoms with Crippen LogP contribution in [-0.2, 0) is 11.2 Å². The van der Waals surface area contributed by atoms with E-state index in [9.17, 15) is 4.79 Å². The normalized spacial score (nSPS) is 10.4. The van der Waals surface area contributed by atoms with E-state index in [1.165, 1.54) is 11.8 Å². The van der Waals surface area contributed by atoms with Crippen LogP contribution in [0.3, 0.4) is 0 Å². The van der Waals surface area contributed by atoms with Crippen molar-refractivity contribution in [3.8, 4) is 11.5 Å². The molecule has 0 aliphatic heterocycles. The van der Waals surface area contributed by atoms with Gasteiger partial charge in [0.25, 0.3) is 5.91 Å². The first-order valence-corrected chi connectivity index (χ1v) is 8.09. The van der Waals surface area contributed by atoms with E-state index in [2.05, 4.69) is 24.0 Å². The molecule has 0 aliphatic carbocycles. The first-order chi connectivity index (χ1) is 12.2. The summed E-state index contributed by atoms with van der Waals surface area (Å²) in [5.41, 5.74) is 4.42. The molecule has 0 radical (unpaired) electrons. The van der Waals surface area contributed by atoms with Crippen molar-refractivity contribution in [1.82, 2.24) is 5.43 Å². The van der Waals surface area contributed by atoms with E-state index in [-0.39, 0.29) is 12.5 Å². The van der Waals surface area contributed by atoms with Crippen molar-refractivity contribution in [2.75, 3.05) is 13.2 Å². The third-order valence-electron chi connectivity index (χ3n) is 3.37. The van der Waals surface area contributed by atoms with Gasteiger partial charge in [0.2, 0.25) is 0 Å². The molecule has 0 atom stereocenters. The van der Waals surface area contributed by atoms with Gasteiger partial charge in [-0.25, -0.2) is 5.43 Å². The Morgan fingerprint density at radius 2 is 1.92 bits per heavy atom. The molecular weight excluding hydrogens is 316 g/mol. The van der Waals surface area contributed by atoms with Crippen molar-refractivity contribution in [1.29, 1.82) is 0 Å². The summed E-state index contributed by atoms with van der Waals surface area (Å²) in [7, 11) is 0. The predicted molar refractivity (Wildman–Crippen MR) is 99.2 cm³/mol. The fourth-order valence-corrected chi connectivity index (χ4v) is 2.04. The largest absolute Gasteiger partial charge is 0.489 e. The number of amides is 1. The molecule has 0 spiro atoms. The standard InChI is InChI=1S/C20H22N2O3/c1-3-13-24-19-8-6-5-7-17(19)14-21-22-20(23)15-25-18-11-9-16(4-2)10-12-18/h3,5-12,14H,1,4,13,15H2,2H3,(H,22,23)/b21-14-. The summed E-state index contributed by atoms with van der Waals surface area (Å²) < 4.78 is 10.9. The topological polar surface area (TPSA) is 59.9 Å². The highest BCUT2D eigenvalue weighted by molar-refractivity contribution is 5.85. The third-order valence-corrected chi connectivity index (χ3v) is 3.37. The number of para-hydroxylation sites is 1. The summed E-state index contributed by atoms with van der Waals surface area (Å²) in [5, 5.41) is 3.94. The van der Waals surface area contributed by atoms with E-state index < -0.39 is 0 Å². The van der Waals surface area contributed by atoms with Gasteiger partial charge >= 0.3 is 0 Å². The molecule has 0 unspecified atom stereocenters. The lowest BCUT2D eigenvalue weighted by atomic mass is 10.2. The summed E-state index contributed by atoms with van der Waals surface area (Å²) in [5.74, 6) is 0.993. The van der Waals surface area contributed by atoms with Gasteiger partial charge in [-0.2, -0.15) is 5.10 Å². The number of nitrogens with one attached hydrogen (secondary N) is 1. The molecule has 0 saturated carbocycles. The molecule has 5 heteroatoms. The molecule has 0 saturated heterocycles. The number of rotatable bonds is 9. The highest BCUT2D eigenvalue weighted by Gasteiger charge is 2.03. The summed E-state index contributed by atoms with van der Waals surface area (Å²) >= 11 is 0. The first-order valence-electron chi connectivity index (χ1n) is 8.09. The molecule has 0 bridgehead atoms. The Hall–Kier alpha value is -3.08. The molecule has 2 rings (SSSR count). The molecular formula is C20H22N2O3. The van der Waals surface area contributed by atoms with Crippen LogP contribution in [-0.4, -0.2) is 25.3 Å². The summed E-state index contributed by atoms with van der Waals surface area (Å²) in [4.78, 5) is 11.8. The zero-order valence-electron chi connectivity index (χ0n) is 14.3. The van der Waals surface area contributed by atoms with Crippen molar-refractivity contribution in [3.63, 3.8) is 0 Å². The van der Waals surface area contributed by atoms with Gasteiger partial charge in [0.15, 0.2) is 6.61 Å². The number of carbonyl (C=O) groups excluding carboxylic acids is 1. The predicted octanol–water partition coefficient (Wildman–Crippen LogP) is 3.34. The number of hydrogen-bond donors (Lipinski definition) is 1. The van der Waals surface area contributed by atoms with Gasteiger partial charge in [-0.15, -0.1) is 0 Å². The maximum Gasteiger partial charge on any atom is 0.277 e. The number of carbonyl (C=O) groups is 1. The molecule has 25 heavy (non-hydrogen) atoms. The van der Waals surface area contributed by atoms with Crippen LogP contribution in [0.5, 0.6) is 11.5 Å². The van der Waals surface area contributed by atoms with Gasteiger partial charge in [0.05, 0.1) is 6.21 Å². The zero-order valence-corrected chi connectivity index (χ0v) is 14.3. The highest BCUT2D eigenvalue weighted by atomic mass is 16.5. The van der Waals surface area contributed by atoms with E-state index in [4.69, 9.17) is 9.47 Å². The first kappa shape index (κ1) is 18.3. The van der Waals surface area contributed by atoms with Crippen LogP contribution in [0.1, 0.15) is 18.1 Å². The summed E-state index contributed by atoms with van der Waals surface area (Å²) in [6.45, 7) is 6.01. The van der Waals surface area contributed by atoms with E-state index >= 15 is 0 Å². The molecule has 0 fully saturated rings. The average Bonchev–Trinajstić information content (AvgIpc) is 2.66. The van der Waals surface area contributed by atoms with E-state index in [1.54, 1.807) is 6.08 Å². The number of benzene rings is 2. The smallest absolute Gasteiger partial charge is 0.277 e. The second-order valence-corrected chi connectivity index (χ2v) is 5.22. The van der Waals surface area contributed by atoms with Gasteiger partial charge in [0.1, 0.15) is 18.1 Å². The van der Waals surface area contributed by atoms with Crippen LogP contribution in [0.15, 0.2) is 66.3 Å². The monoisotopic (exact) mass is 338 g/mol. The van der Waals surface area contributed by atoms with Crippen LogP contribution in [0, 0.1) is 0 Å². The maximum absolute atomic E-state index is 11.8. The fraction of sp³-hybridized carbons (Fsp3) is 0.200. The number of aryl methyl sites for hydroxylation is 1. The molecule has 0 aliphatic rings. The van der Waals surface area contributed by atoms with E-state index in [0.29, 0.717) is 18.1 Å². The molecule has 5 nitrogen and oxygen atoms in total. The molecule has 1 amide bonds. The Labute approximate surface area is 148 Å². The third kappa shape index (κ3) is 6.14. The van der Waals surface area contributed by atoms with Crippen molar-refractivity contribution in [2.24, 2.45) is 5.10 Å². The Morgan fingerprint density at radius 1 is 1.16 bits per heavy atom. The quantitative estimate of drug-likeness (QED) is 0.433. The van der Waals surface area contributed by atoms with Crippen LogP contribution in [0.25, 0.3) is 0 Å². The second kappa shape index (κ2) is 9.93. The molecule has 130 valence electrons. The van der Waals surface area contributed by atoms with Crippen LogP contribution in [0.2, 0.25) is 0 Å². The Bertz CT molecular complexity index is 724. The summed E-state index contributed by atoms with van der Waals surface area (Å²) in [6.07, 6.45) is 4.17. The number of hydrazone groups is 1. The number of hydrogen-bond acceptors (Lipinski definition) is 4. The Balaban J connectivity index is 1.82. The van der Waals surface area contributed by atoms with E-state index in [0.717, 1.165) is 12.0 Å². The van der Waals surface area contributed by atoms with Crippen molar-refractivity contribution in [3.05, 3.63) is 72.3 Å². The highest BCUT2D eigenvalue weighted by Crippen LogP contribution is 2.15. The minimum atomic E-state index is -0.333.